The van der Waals surface area contributed by atoms with E-state index >= 15 is 0 Å². The average molecular weight is 293 g/mol. The molecular formula is C16H20FNOS. The second-order valence-corrected chi connectivity index (χ2v) is 5.45. The van der Waals surface area contributed by atoms with E-state index in [2.05, 4.69) is 29.1 Å². The van der Waals surface area contributed by atoms with Crippen molar-refractivity contribution >= 4 is 11.3 Å². The van der Waals surface area contributed by atoms with Gasteiger partial charge in [0.25, 0.3) is 0 Å². The first kappa shape index (κ1) is 15.0. The maximum atomic E-state index is 13.8. The molecule has 2 rings (SSSR count). The smallest absolute Gasteiger partial charge is 0.165 e. The molecule has 1 aromatic carbocycles. The summed E-state index contributed by atoms with van der Waals surface area (Å²) in [6, 6.07) is 7.50. The Balaban J connectivity index is 2.09. The van der Waals surface area contributed by atoms with Crippen LogP contribution < -0.4 is 10.1 Å². The lowest BCUT2D eigenvalue weighted by atomic mass is 9.99. The van der Waals surface area contributed by atoms with Crippen molar-refractivity contribution in [2.24, 2.45) is 0 Å². The van der Waals surface area contributed by atoms with Gasteiger partial charge in [0.15, 0.2) is 11.6 Å². The fourth-order valence-electron chi connectivity index (χ4n) is 2.28. The lowest BCUT2D eigenvalue weighted by molar-refractivity contribution is 0.385. The number of rotatable bonds is 7. The summed E-state index contributed by atoms with van der Waals surface area (Å²) in [6.45, 7) is 2.93. The van der Waals surface area contributed by atoms with E-state index in [1.807, 2.05) is 6.07 Å². The van der Waals surface area contributed by atoms with Crippen LogP contribution in [0.4, 0.5) is 4.39 Å². The van der Waals surface area contributed by atoms with Gasteiger partial charge in [-0.2, -0.15) is 11.3 Å². The third-order valence-electron chi connectivity index (χ3n) is 3.33. The number of hydrogen-bond donors (Lipinski definition) is 1. The number of methoxy groups -OCH3 is 1. The lowest BCUT2D eigenvalue weighted by Gasteiger charge is -2.18. The molecular weight excluding hydrogens is 273 g/mol. The highest BCUT2D eigenvalue weighted by molar-refractivity contribution is 7.07. The van der Waals surface area contributed by atoms with Crippen LogP contribution in [0, 0.1) is 5.82 Å². The van der Waals surface area contributed by atoms with Crippen LogP contribution in [0.2, 0.25) is 0 Å². The highest BCUT2D eigenvalue weighted by atomic mass is 32.1. The maximum Gasteiger partial charge on any atom is 0.165 e. The molecule has 108 valence electrons. The summed E-state index contributed by atoms with van der Waals surface area (Å²) in [6.07, 6.45) is 1.95. The predicted octanol–water partition coefficient (Wildman–Crippen LogP) is 4.18. The summed E-state index contributed by atoms with van der Waals surface area (Å²) in [5.74, 6) is -0.00901. The van der Waals surface area contributed by atoms with E-state index in [-0.39, 0.29) is 11.9 Å². The Labute approximate surface area is 123 Å². The van der Waals surface area contributed by atoms with Crippen LogP contribution >= 0.6 is 11.3 Å². The SMILES string of the molecule is CCNC(CCc1ccsc1)c1ccc(OC)c(F)c1. The molecule has 0 spiro atoms. The summed E-state index contributed by atoms with van der Waals surface area (Å²) in [5, 5.41) is 7.67. The molecule has 0 bridgehead atoms. The van der Waals surface area contributed by atoms with Crippen molar-refractivity contribution in [3.05, 3.63) is 52.0 Å². The molecule has 1 N–H and O–H groups in total. The number of nitrogens with one attached hydrogen (secondary N) is 1. The van der Waals surface area contributed by atoms with E-state index in [1.165, 1.54) is 12.7 Å². The molecule has 1 aromatic heterocycles. The first-order valence-corrected chi connectivity index (χ1v) is 7.76. The normalized spacial score (nSPS) is 12.3. The monoisotopic (exact) mass is 293 g/mol. The van der Waals surface area contributed by atoms with Crippen molar-refractivity contribution in [1.82, 2.24) is 5.32 Å². The number of aryl methyl sites for hydroxylation is 1. The minimum atomic E-state index is -0.302. The molecule has 0 aliphatic heterocycles. The van der Waals surface area contributed by atoms with Gasteiger partial charge in [-0.3, -0.25) is 0 Å². The third kappa shape index (κ3) is 3.81. The summed E-state index contributed by atoms with van der Waals surface area (Å²) >= 11 is 1.71. The lowest BCUT2D eigenvalue weighted by Crippen LogP contribution is -2.21. The predicted molar refractivity (Wildman–Crippen MR) is 82.0 cm³/mol. The van der Waals surface area contributed by atoms with Gasteiger partial charge in [-0.25, -0.2) is 4.39 Å². The van der Waals surface area contributed by atoms with Crippen LogP contribution in [-0.2, 0) is 6.42 Å². The van der Waals surface area contributed by atoms with Crippen LogP contribution in [-0.4, -0.2) is 13.7 Å². The Morgan fingerprint density at radius 1 is 1.35 bits per heavy atom. The van der Waals surface area contributed by atoms with Gasteiger partial charge < -0.3 is 10.1 Å². The topological polar surface area (TPSA) is 21.3 Å². The zero-order valence-corrected chi connectivity index (χ0v) is 12.7. The van der Waals surface area contributed by atoms with Gasteiger partial charge in [-0.15, -0.1) is 0 Å². The average Bonchev–Trinajstić information content (AvgIpc) is 2.96. The molecule has 1 unspecified atom stereocenters. The molecule has 0 aliphatic rings. The van der Waals surface area contributed by atoms with Gasteiger partial charge >= 0.3 is 0 Å². The molecule has 1 heterocycles. The summed E-state index contributed by atoms with van der Waals surface area (Å²) in [7, 11) is 1.48. The molecule has 2 aromatic rings. The first-order chi connectivity index (χ1) is 9.74. The largest absolute Gasteiger partial charge is 0.494 e. The number of thiophene rings is 1. The van der Waals surface area contributed by atoms with Crippen LogP contribution in [0.5, 0.6) is 5.75 Å². The Kier molecular flexibility index (Phi) is 5.56. The van der Waals surface area contributed by atoms with Crippen LogP contribution in [0.25, 0.3) is 0 Å². The number of benzene rings is 1. The van der Waals surface area contributed by atoms with Gasteiger partial charge in [0.05, 0.1) is 7.11 Å². The summed E-state index contributed by atoms with van der Waals surface area (Å²) in [4.78, 5) is 0. The first-order valence-electron chi connectivity index (χ1n) is 6.82. The molecule has 0 radical (unpaired) electrons. The quantitative estimate of drug-likeness (QED) is 0.827. The fourth-order valence-corrected chi connectivity index (χ4v) is 2.98. The van der Waals surface area contributed by atoms with Crippen molar-refractivity contribution in [3.63, 3.8) is 0 Å². The molecule has 0 aliphatic carbocycles. The summed E-state index contributed by atoms with van der Waals surface area (Å²) < 4.78 is 18.8. The molecule has 0 amide bonds. The van der Waals surface area contributed by atoms with E-state index in [0.717, 1.165) is 24.9 Å². The second-order valence-electron chi connectivity index (χ2n) is 4.67. The van der Waals surface area contributed by atoms with Crippen molar-refractivity contribution in [1.29, 1.82) is 0 Å². The zero-order chi connectivity index (χ0) is 14.4. The number of halogens is 1. The van der Waals surface area contributed by atoms with Gasteiger partial charge in [0.2, 0.25) is 0 Å². The summed E-state index contributed by atoms with van der Waals surface area (Å²) in [5.41, 5.74) is 2.31. The molecule has 4 heteroatoms. The second kappa shape index (κ2) is 7.41. The van der Waals surface area contributed by atoms with E-state index in [9.17, 15) is 4.39 Å². The Hall–Kier alpha value is -1.39. The van der Waals surface area contributed by atoms with Crippen molar-refractivity contribution in [2.45, 2.75) is 25.8 Å². The molecule has 0 fully saturated rings. The highest BCUT2D eigenvalue weighted by Gasteiger charge is 2.13. The van der Waals surface area contributed by atoms with Crippen LogP contribution in [0.15, 0.2) is 35.0 Å². The van der Waals surface area contributed by atoms with E-state index in [4.69, 9.17) is 4.74 Å². The molecule has 20 heavy (non-hydrogen) atoms. The van der Waals surface area contributed by atoms with Gasteiger partial charge in [-0.05, 0) is 59.5 Å². The highest BCUT2D eigenvalue weighted by Crippen LogP contribution is 2.25. The standard InChI is InChI=1S/C16H20FNOS/c1-3-18-15(6-4-12-8-9-20-11-12)13-5-7-16(19-2)14(17)10-13/h5,7-11,15,18H,3-4,6H2,1-2H3. The third-order valence-corrected chi connectivity index (χ3v) is 4.06. The Morgan fingerprint density at radius 3 is 2.80 bits per heavy atom. The fraction of sp³-hybridized carbons (Fsp3) is 0.375. The van der Waals surface area contributed by atoms with E-state index in [0.29, 0.717) is 5.75 Å². The van der Waals surface area contributed by atoms with Crippen LogP contribution in [0.1, 0.15) is 30.5 Å². The van der Waals surface area contributed by atoms with E-state index < -0.39 is 0 Å². The molecule has 0 saturated heterocycles. The van der Waals surface area contributed by atoms with Crippen LogP contribution in [0.3, 0.4) is 0 Å². The molecule has 1 atom stereocenters. The Bertz CT molecular complexity index is 527. The number of hydrogen-bond acceptors (Lipinski definition) is 3. The van der Waals surface area contributed by atoms with Gasteiger partial charge in [0, 0.05) is 6.04 Å². The zero-order valence-electron chi connectivity index (χ0n) is 11.9. The minimum absolute atomic E-state index is 0.167. The van der Waals surface area contributed by atoms with Crippen molar-refractivity contribution < 1.29 is 9.13 Å². The van der Waals surface area contributed by atoms with E-state index in [1.54, 1.807) is 23.5 Å². The van der Waals surface area contributed by atoms with Crippen molar-refractivity contribution in [2.75, 3.05) is 13.7 Å². The van der Waals surface area contributed by atoms with Gasteiger partial charge in [0.1, 0.15) is 0 Å². The minimum Gasteiger partial charge on any atom is -0.494 e. The Morgan fingerprint density at radius 2 is 2.20 bits per heavy atom. The van der Waals surface area contributed by atoms with Crippen molar-refractivity contribution in [3.8, 4) is 5.75 Å². The molecule has 2 nitrogen and oxygen atoms in total. The number of ether oxygens (including phenoxy) is 1. The van der Waals surface area contributed by atoms with Gasteiger partial charge in [-0.1, -0.05) is 13.0 Å². The molecule has 0 saturated carbocycles. The maximum absolute atomic E-state index is 13.8.